The maximum absolute atomic E-state index is 2.30. The van der Waals surface area contributed by atoms with Gasteiger partial charge in [0.1, 0.15) is 0 Å². The van der Waals surface area contributed by atoms with Crippen molar-refractivity contribution >= 4 is 0 Å². The fraction of sp³-hybridized carbons (Fsp3) is 0.778. The first-order chi connectivity index (χ1) is 4.46. The van der Waals surface area contributed by atoms with Crippen molar-refractivity contribution in [2.24, 2.45) is 5.41 Å². The monoisotopic (exact) mass is 139 g/mol. The summed E-state index contributed by atoms with van der Waals surface area (Å²) in [6.07, 6.45) is 2.24. The highest BCUT2D eigenvalue weighted by atomic mass is 15.1. The minimum absolute atomic E-state index is 0.370. The number of rotatable bonds is 0. The number of hydrogen-bond acceptors (Lipinski definition) is 1. The van der Waals surface area contributed by atoms with Crippen molar-refractivity contribution in [3.8, 4) is 0 Å². The standard InChI is InChI=1S/C9H17N/c1-7-6-10(5)8(2)9(7,3)4/h6,8H,1-5H3. The van der Waals surface area contributed by atoms with Crippen LogP contribution in [0.1, 0.15) is 27.7 Å². The third kappa shape index (κ3) is 0.845. The van der Waals surface area contributed by atoms with Gasteiger partial charge in [-0.15, -0.1) is 0 Å². The van der Waals surface area contributed by atoms with Crippen LogP contribution in [0.5, 0.6) is 0 Å². The highest BCUT2D eigenvalue weighted by Gasteiger charge is 2.34. The molecule has 0 amide bonds. The van der Waals surface area contributed by atoms with Gasteiger partial charge in [-0.05, 0) is 25.6 Å². The lowest BCUT2D eigenvalue weighted by Crippen LogP contribution is -2.32. The van der Waals surface area contributed by atoms with Gasteiger partial charge in [0.25, 0.3) is 0 Å². The molecule has 1 nitrogen and oxygen atoms in total. The van der Waals surface area contributed by atoms with Gasteiger partial charge in [-0.2, -0.15) is 0 Å². The Balaban J connectivity index is 2.89. The Hall–Kier alpha value is -0.460. The Bertz CT molecular complexity index is 168. The van der Waals surface area contributed by atoms with E-state index in [4.69, 9.17) is 0 Å². The minimum Gasteiger partial charge on any atom is -0.377 e. The van der Waals surface area contributed by atoms with Crippen LogP contribution in [-0.2, 0) is 0 Å². The van der Waals surface area contributed by atoms with E-state index in [2.05, 4.69) is 45.8 Å². The molecule has 0 aromatic carbocycles. The van der Waals surface area contributed by atoms with E-state index in [0.29, 0.717) is 11.5 Å². The maximum Gasteiger partial charge on any atom is 0.0341 e. The fourth-order valence-electron chi connectivity index (χ4n) is 1.42. The molecule has 1 rings (SSSR count). The van der Waals surface area contributed by atoms with E-state index in [1.807, 2.05) is 0 Å². The smallest absolute Gasteiger partial charge is 0.0341 e. The summed E-state index contributed by atoms with van der Waals surface area (Å²) in [7, 11) is 2.14. The highest BCUT2D eigenvalue weighted by molar-refractivity contribution is 5.18. The Morgan fingerprint density at radius 3 is 2.10 bits per heavy atom. The van der Waals surface area contributed by atoms with E-state index >= 15 is 0 Å². The van der Waals surface area contributed by atoms with Gasteiger partial charge in [0.15, 0.2) is 0 Å². The van der Waals surface area contributed by atoms with E-state index < -0.39 is 0 Å². The second kappa shape index (κ2) is 2.01. The predicted molar refractivity (Wildman–Crippen MR) is 44.8 cm³/mol. The third-order valence-electron chi connectivity index (χ3n) is 3.07. The molecule has 0 aliphatic carbocycles. The van der Waals surface area contributed by atoms with Gasteiger partial charge in [-0.3, -0.25) is 0 Å². The lowest BCUT2D eigenvalue weighted by atomic mass is 9.82. The van der Waals surface area contributed by atoms with Crippen LogP contribution in [0.4, 0.5) is 0 Å². The lowest BCUT2D eigenvalue weighted by molar-refractivity contribution is 0.247. The van der Waals surface area contributed by atoms with Crippen molar-refractivity contribution in [3.63, 3.8) is 0 Å². The van der Waals surface area contributed by atoms with Crippen LogP contribution in [0.3, 0.4) is 0 Å². The molecule has 0 radical (unpaired) electrons. The lowest BCUT2D eigenvalue weighted by Gasteiger charge is -2.29. The summed E-state index contributed by atoms with van der Waals surface area (Å²) in [6, 6.07) is 0.646. The summed E-state index contributed by atoms with van der Waals surface area (Å²) in [5, 5.41) is 0. The van der Waals surface area contributed by atoms with E-state index in [9.17, 15) is 0 Å². The summed E-state index contributed by atoms with van der Waals surface area (Å²) in [6.45, 7) is 9.08. The first-order valence-corrected chi connectivity index (χ1v) is 3.87. The van der Waals surface area contributed by atoms with Crippen molar-refractivity contribution in [2.75, 3.05) is 7.05 Å². The van der Waals surface area contributed by atoms with Crippen LogP contribution in [-0.4, -0.2) is 18.0 Å². The van der Waals surface area contributed by atoms with Crippen LogP contribution in [0.25, 0.3) is 0 Å². The third-order valence-corrected chi connectivity index (χ3v) is 3.07. The van der Waals surface area contributed by atoms with Crippen molar-refractivity contribution in [2.45, 2.75) is 33.7 Å². The van der Waals surface area contributed by atoms with Crippen LogP contribution in [0.2, 0.25) is 0 Å². The van der Waals surface area contributed by atoms with E-state index in [-0.39, 0.29) is 0 Å². The Morgan fingerprint density at radius 1 is 1.50 bits per heavy atom. The Labute approximate surface area is 63.7 Å². The average Bonchev–Trinajstić information content (AvgIpc) is 1.97. The molecular formula is C9H17N. The molecule has 0 spiro atoms. The molecule has 0 fully saturated rings. The van der Waals surface area contributed by atoms with Gasteiger partial charge in [-0.1, -0.05) is 13.8 Å². The second-order valence-corrected chi connectivity index (χ2v) is 3.88. The van der Waals surface area contributed by atoms with Crippen LogP contribution < -0.4 is 0 Å². The summed E-state index contributed by atoms with van der Waals surface area (Å²) in [5.41, 5.74) is 1.86. The zero-order valence-corrected chi connectivity index (χ0v) is 7.60. The Morgan fingerprint density at radius 2 is 2.00 bits per heavy atom. The molecule has 0 saturated heterocycles. The first kappa shape index (κ1) is 7.64. The quantitative estimate of drug-likeness (QED) is 0.497. The van der Waals surface area contributed by atoms with Crippen molar-refractivity contribution in [1.82, 2.24) is 4.90 Å². The summed E-state index contributed by atoms with van der Waals surface area (Å²) >= 11 is 0. The van der Waals surface area contributed by atoms with Crippen LogP contribution in [0.15, 0.2) is 11.8 Å². The number of nitrogens with zero attached hydrogens (tertiary/aromatic N) is 1. The summed E-state index contributed by atoms with van der Waals surface area (Å²) in [4.78, 5) is 2.29. The molecule has 0 bridgehead atoms. The van der Waals surface area contributed by atoms with Gasteiger partial charge in [0.05, 0.1) is 0 Å². The average molecular weight is 139 g/mol. The topological polar surface area (TPSA) is 3.24 Å². The maximum atomic E-state index is 2.30. The summed E-state index contributed by atoms with van der Waals surface area (Å²) < 4.78 is 0. The minimum atomic E-state index is 0.370. The van der Waals surface area contributed by atoms with Crippen LogP contribution in [0, 0.1) is 5.41 Å². The van der Waals surface area contributed by atoms with E-state index in [1.165, 1.54) is 5.57 Å². The zero-order valence-electron chi connectivity index (χ0n) is 7.60. The first-order valence-electron chi connectivity index (χ1n) is 3.87. The highest BCUT2D eigenvalue weighted by Crippen LogP contribution is 2.37. The molecule has 10 heavy (non-hydrogen) atoms. The van der Waals surface area contributed by atoms with Gasteiger partial charge < -0.3 is 4.90 Å². The molecule has 0 saturated carbocycles. The van der Waals surface area contributed by atoms with Gasteiger partial charge in [0, 0.05) is 18.5 Å². The molecule has 0 aromatic heterocycles. The molecular weight excluding hydrogens is 122 g/mol. The van der Waals surface area contributed by atoms with Crippen molar-refractivity contribution < 1.29 is 0 Å². The van der Waals surface area contributed by atoms with E-state index in [1.54, 1.807) is 0 Å². The second-order valence-electron chi connectivity index (χ2n) is 3.88. The molecule has 1 heteroatoms. The molecule has 1 atom stereocenters. The molecule has 1 heterocycles. The molecule has 1 aliphatic rings. The molecule has 1 aliphatic heterocycles. The van der Waals surface area contributed by atoms with Gasteiger partial charge in [-0.25, -0.2) is 0 Å². The predicted octanol–water partition coefficient (Wildman–Crippen LogP) is 2.25. The largest absolute Gasteiger partial charge is 0.377 e. The molecule has 58 valence electrons. The molecule has 0 aromatic rings. The van der Waals surface area contributed by atoms with Crippen molar-refractivity contribution in [3.05, 3.63) is 11.8 Å². The van der Waals surface area contributed by atoms with E-state index in [0.717, 1.165) is 0 Å². The number of hydrogen-bond donors (Lipinski definition) is 0. The van der Waals surface area contributed by atoms with Gasteiger partial charge >= 0.3 is 0 Å². The molecule has 0 N–H and O–H groups in total. The summed E-state index contributed by atoms with van der Waals surface area (Å²) in [5.74, 6) is 0. The molecule has 1 unspecified atom stereocenters. The van der Waals surface area contributed by atoms with Gasteiger partial charge in [0.2, 0.25) is 0 Å². The normalized spacial score (nSPS) is 30.7. The zero-order chi connectivity index (χ0) is 7.94. The van der Waals surface area contributed by atoms with Crippen LogP contribution >= 0.6 is 0 Å². The SMILES string of the molecule is CC1=CN(C)C(C)C1(C)C. The van der Waals surface area contributed by atoms with Crippen molar-refractivity contribution in [1.29, 1.82) is 0 Å². The Kier molecular flexibility index (Phi) is 1.54. The fourth-order valence-corrected chi connectivity index (χ4v) is 1.42.